The average Bonchev–Trinajstić information content (AvgIpc) is 2.92. The van der Waals surface area contributed by atoms with Gasteiger partial charge in [-0.05, 0) is 25.1 Å². The third-order valence-electron chi connectivity index (χ3n) is 2.79. The molecule has 98 valence electrons. The maximum absolute atomic E-state index is 11.7. The zero-order valence-electron chi connectivity index (χ0n) is 10.8. The van der Waals surface area contributed by atoms with Crippen LogP contribution in [0.2, 0.25) is 0 Å². The lowest BCUT2D eigenvalue weighted by atomic mass is 10.4. The Morgan fingerprint density at radius 1 is 1.28 bits per heavy atom. The second-order valence-corrected chi connectivity index (χ2v) is 4.36. The predicted octanol–water partition coefficient (Wildman–Crippen LogP) is 1.33. The first-order valence-corrected chi connectivity index (χ1v) is 6.20. The molecule has 0 saturated heterocycles. The third kappa shape index (κ3) is 2.92. The summed E-state index contributed by atoms with van der Waals surface area (Å²) >= 11 is 0. The maximum atomic E-state index is 11.7. The van der Waals surface area contributed by atoms with Crippen molar-refractivity contribution in [3.8, 4) is 0 Å². The largest absolute Gasteiger partial charge is 0.463 e. The number of hydrogen-bond donors (Lipinski definition) is 1. The molecule has 0 aliphatic carbocycles. The smallest absolute Gasteiger partial charge is 0.328 e. The number of rotatable bonds is 6. The standard InChI is InChI=1S/C13H19N3O2/c1-3-6-14-9-11-4-5-12(18-11)10-16-8-7-15(2)13(16)17/h4-5,7-8,14H,3,6,9-10H2,1-2H3. The summed E-state index contributed by atoms with van der Waals surface area (Å²) in [6, 6.07) is 3.87. The molecule has 0 radical (unpaired) electrons. The molecular weight excluding hydrogens is 230 g/mol. The van der Waals surface area contributed by atoms with E-state index in [1.54, 1.807) is 28.6 Å². The lowest BCUT2D eigenvalue weighted by molar-refractivity contribution is 0.435. The molecule has 0 aliphatic rings. The highest BCUT2D eigenvalue weighted by Crippen LogP contribution is 2.08. The van der Waals surface area contributed by atoms with Crippen LogP contribution in [0.4, 0.5) is 0 Å². The number of aromatic nitrogens is 2. The van der Waals surface area contributed by atoms with Crippen LogP contribution in [0.3, 0.4) is 0 Å². The highest BCUT2D eigenvalue weighted by molar-refractivity contribution is 5.07. The van der Waals surface area contributed by atoms with Gasteiger partial charge in [0.25, 0.3) is 0 Å². The van der Waals surface area contributed by atoms with Crippen molar-refractivity contribution < 1.29 is 4.42 Å². The molecule has 0 aliphatic heterocycles. The molecule has 0 spiro atoms. The van der Waals surface area contributed by atoms with Crippen LogP contribution in [0, 0.1) is 0 Å². The van der Waals surface area contributed by atoms with Gasteiger partial charge in [0.2, 0.25) is 0 Å². The van der Waals surface area contributed by atoms with Gasteiger partial charge in [0.05, 0.1) is 13.1 Å². The van der Waals surface area contributed by atoms with Crippen molar-refractivity contribution >= 4 is 0 Å². The van der Waals surface area contributed by atoms with E-state index in [9.17, 15) is 4.79 Å². The number of furan rings is 1. The Balaban J connectivity index is 1.98. The van der Waals surface area contributed by atoms with Crippen molar-refractivity contribution in [2.75, 3.05) is 6.54 Å². The molecule has 2 aromatic rings. The number of imidazole rings is 1. The Bertz CT molecular complexity index is 551. The summed E-state index contributed by atoms with van der Waals surface area (Å²) < 4.78 is 8.84. The number of aryl methyl sites for hydroxylation is 1. The van der Waals surface area contributed by atoms with Crippen LogP contribution in [0.25, 0.3) is 0 Å². The van der Waals surface area contributed by atoms with Crippen molar-refractivity contribution in [3.63, 3.8) is 0 Å². The third-order valence-corrected chi connectivity index (χ3v) is 2.79. The summed E-state index contributed by atoms with van der Waals surface area (Å²) in [5.41, 5.74) is -0.0305. The van der Waals surface area contributed by atoms with Gasteiger partial charge in [-0.15, -0.1) is 0 Å². The van der Waals surface area contributed by atoms with Gasteiger partial charge in [-0.2, -0.15) is 0 Å². The first-order chi connectivity index (χ1) is 8.70. The lowest BCUT2D eigenvalue weighted by Crippen LogP contribution is -2.22. The average molecular weight is 249 g/mol. The van der Waals surface area contributed by atoms with Crippen molar-refractivity contribution in [2.45, 2.75) is 26.4 Å². The van der Waals surface area contributed by atoms with Gasteiger partial charge in [-0.25, -0.2) is 4.79 Å². The number of hydrogen-bond acceptors (Lipinski definition) is 3. The number of nitrogens with zero attached hydrogens (tertiary/aromatic N) is 2. The second-order valence-electron chi connectivity index (χ2n) is 4.36. The summed E-state index contributed by atoms with van der Waals surface area (Å²) in [5.74, 6) is 1.71. The van der Waals surface area contributed by atoms with Gasteiger partial charge in [-0.3, -0.25) is 4.57 Å². The van der Waals surface area contributed by atoms with Crippen LogP contribution in [0.5, 0.6) is 0 Å². The van der Waals surface area contributed by atoms with E-state index in [1.807, 2.05) is 12.1 Å². The quantitative estimate of drug-likeness (QED) is 0.786. The predicted molar refractivity (Wildman–Crippen MR) is 69.5 cm³/mol. The molecule has 0 atom stereocenters. The molecule has 0 amide bonds. The Morgan fingerprint density at radius 3 is 2.72 bits per heavy atom. The summed E-state index contributed by atoms with van der Waals surface area (Å²) in [4.78, 5) is 11.7. The molecule has 2 heterocycles. The van der Waals surface area contributed by atoms with E-state index >= 15 is 0 Å². The Morgan fingerprint density at radius 2 is 2.06 bits per heavy atom. The van der Waals surface area contributed by atoms with Crippen LogP contribution in [-0.4, -0.2) is 15.7 Å². The van der Waals surface area contributed by atoms with Crippen molar-refractivity contribution in [1.29, 1.82) is 0 Å². The van der Waals surface area contributed by atoms with E-state index in [0.717, 1.165) is 31.0 Å². The fraction of sp³-hybridized carbons (Fsp3) is 0.462. The van der Waals surface area contributed by atoms with Crippen LogP contribution >= 0.6 is 0 Å². The normalized spacial score (nSPS) is 11.0. The molecule has 2 rings (SSSR count). The fourth-order valence-electron chi connectivity index (χ4n) is 1.79. The molecule has 5 nitrogen and oxygen atoms in total. The Hall–Kier alpha value is -1.75. The van der Waals surface area contributed by atoms with E-state index in [4.69, 9.17) is 4.42 Å². The molecular formula is C13H19N3O2. The van der Waals surface area contributed by atoms with Gasteiger partial charge in [0, 0.05) is 19.4 Å². The van der Waals surface area contributed by atoms with E-state index in [-0.39, 0.29) is 5.69 Å². The van der Waals surface area contributed by atoms with Crippen molar-refractivity contribution in [1.82, 2.24) is 14.5 Å². The second kappa shape index (κ2) is 5.73. The number of nitrogens with one attached hydrogen (secondary N) is 1. The van der Waals surface area contributed by atoms with Gasteiger partial charge >= 0.3 is 5.69 Å². The van der Waals surface area contributed by atoms with Crippen LogP contribution < -0.4 is 11.0 Å². The van der Waals surface area contributed by atoms with E-state index < -0.39 is 0 Å². The molecule has 0 aromatic carbocycles. The highest BCUT2D eigenvalue weighted by atomic mass is 16.3. The van der Waals surface area contributed by atoms with Crippen LogP contribution in [0.1, 0.15) is 24.9 Å². The Kier molecular flexibility index (Phi) is 4.04. The minimum Gasteiger partial charge on any atom is -0.463 e. The molecule has 0 saturated carbocycles. The minimum atomic E-state index is -0.0305. The first-order valence-electron chi connectivity index (χ1n) is 6.20. The fourth-order valence-corrected chi connectivity index (χ4v) is 1.79. The first kappa shape index (κ1) is 12.7. The van der Waals surface area contributed by atoms with E-state index in [2.05, 4.69) is 12.2 Å². The van der Waals surface area contributed by atoms with Gasteiger partial charge in [-0.1, -0.05) is 6.92 Å². The van der Waals surface area contributed by atoms with E-state index in [0.29, 0.717) is 6.54 Å². The zero-order chi connectivity index (χ0) is 13.0. The summed E-state index contributed by atoms with van der Waals surface area (Å²) in [7, 11) is 1.74. The Labute approximate surface area is 106 Å². The van der Waals surface area contributed by atoms with Gasteiger partial charge in [0.1, 0.15) is 11.5 Å². The van der Waals surface area contributed by atoms with Crippen molar-refractivity contribution in [2.24, 2.45) is 7.05 Å². The molecule has 0 unspecified atom stereocenters. The molecule has 0 bridgehead atoms. The van der Waals surface area contributed by atoms with Crippen LogP contribution in [-0.2, 0) is 20.1 Å². The summed E-state index contributed by atoms with van der Waals surface area (Å²) in [6.07, 6.45) is 4.61. The maximum Gasteiger partial charge on any atom is 0.328 e. The molecule has 1 N–H and O–H groups in total. The molecule has 18 heavy (non-hydrogen) atoms. The lowest BCUT2D eigenvalue weighted by Gasteiger charge is -2.00. The molecule has 0 fully saturated rings. The van der Waals surface area contributed by atoms with Crippen LogP contribution in [0.15, 0.2) is 33.7 Å². The minimum absolute atomic E-state index is 0.0305. The van der Waals surface area contributed by atoms with Gasteiger partial charge in [0.15, 0.2) is 0 Å². The summed E-state index contributed by atoms with van der Waals surface area (Å²) in [6.45, 7) is 4.32. The molecule has 2 aromatic heterocycles. The highest BCUT2D eigenvalue weighted by Gasteiger charge is 2.05. The SMILES string of the molecule is CCCNCc1ccc(Cn2ccn(C)c2=O)o1. The topological polar surface area (TPSA) is 52.1 Å². The van der Waals surface area contributed by atoms with Crippen molar-refractivity contribution in [3.05, 3.63) is 46.5 Å². The monoisotopic (exact) mass is 249 g/mol. The zero-order valence-corrected chi connectivity index (χ0v) is 10.8. The molecule has 5 heteroatoms. The summed E-state index contributed by atoms with van der Waals surface area (Å²) in [5, 5.41) is 3.28. The van der Waals surface area contributed by atoms with Gasteiger partial charge < -0.3 is 14.3 Å². The van der Waals surface area contributed by atoms with E-state index in [1.165, 1.54) is 0 Å².